The van der Waals surface area contributed by atoms with E-state index < -0.39 is 0 Å². The summed E-state index contributed by atoms with van der Waals surface area (Å²) in [6, 6.07) is 0. The van der Waals surface area contributed by atoms with Gasteiger partial charge in [-0.15, -0.1) is 0 Å². The zero-order valence-electron chi connectivity index (χ0n) is 9.72. The van der Waals surface area contributed by atoms with Crippen LogP contribution in [0.2, 0.25) is 0 Å². The molecule has 0 saturated heterocycles. The summed E-state index contributed by atoms with van der Waals surface area (Å²) >= 11 is 0. The predicted octanol–water partition coefficient (Wildman–Crippen LogP) is -7.81. The number of hydrogen-bond acceptors (Lipinski definition) is 0. The zero-order chi connectivity index (χ0) is 0. The van der Waals surface area contributed by atoms with E-state index in [0.717, 1.165) is 0 Å². The first-order valence-corrected chi connectivity index (χ1v) is 0. The molecule has 0 aliphatic rings. The van der Waals surface area contributed by atoms with Crippen LogP contribution in [0, 0.1) is 0 Å². The monoisotopic (exact) mass is 612 g/mol. The van der Waals surface area contributed by atoms with Crippen LogP contribution in [0.15, 0.2) is 0 Å². The normalized spacial score (nSPS) is 0. The third-order valence-electron chi connectivity index (χ3n) is 0. The summed E-state index contributed by atoms with van der Waals surface area (Å²) in [7, 11) is 0. The second-order valence-electron chi connectivity index (χ2n) is 0. The fourth-order valence-corrected chi connectivity index (χ4v) is 0. The van der Waals surface area contributed by atoms with Crippen molar-refractivity contribution in [1.82, 2.24) is 0 Å². The molecule has 0 aliphatic carbocycles. The molecule has 0 saturated carbocycles. The molecule has 102 valence electrons. The summed E-state index contributed by atoms with van der Waals surface area (Å²) in [6.07, 6.45) is 0. The van der Waals surface area contributed by atoms with E-state index in [-0.39, 0.29) is 234 Å². The van der Waals surface area contributed by atoms with E-state index in [1.54, 1.807) is 0 Å². The van der Waals surface area contributed by atoms with Gasteiger partial charge in [-0.05, 0) is 0 Å². The van der Waals surface area contributed by atoms with Crippen LogP contribution in [0.25, 0.3) is 0 Å². The Morgan fingerprint density at radius 3 is 0.200 bits per heavy atom. The third kappa shape index (κ3) is 433. The van der Waals surface area contributed by atoms with Gasteiger partial charge in [-0.25, -0.2) is 0 Å². The molecule has 6 N–H and O–H groups in total. The quantitative estimate of drug-likeness (QED) is 0.243. The molecule has 0 atom stereocenters. The molecule has 0 rings (SSSR count). The number of hydrogen-bond donors (Lipinski definition) is 0. The van der Waals surface area contributed by atoms with Gasteiger partial charge in [0.2, 0.25) is 0 Å². The fourth-order valence-electron chi connectivity index (χ4n) is 0. The van der Waals surface area contributed by atoms with Crippen molar-refractivity contribution in [2.24, 2.45) is 0 Å². The van der Waals surface area contributed by atoms with E-state index in [4.69, 9.17) is 0 Å². The Morgan fingerprint density at radius 2 is 0.200 bits per heavy atom. The van der Waals surface area contributed by atoms with Crippen molar-refractivity contribution >= 4 is 166 Å². The van der Waals surface area contributed by atoms with Gasteiger partial charge >= 0.3 is 0 Å². The summed E-state index contributed by atoms with van der Waals surface area (Å²) in [6.45, 7) is 0. The van der Waals surface area contributed by atoms with E-state index in [0.29, 0.717) is 0 Å². The molecular weight excluding hydrogens is 607 g/mol. The van der Waals surface area contributed by atoms with Gasteiger partial charge in [0.15, 0.2) is 0 Å². The molecule has 0 spiro atoms. The molecule has 0 aliphatic heterocycles. The van der Waals surface area contributed by atoms with Gasteiger partial charge in [-0.2, -0.15) is 0 Å². The molecule has 0 aromatic carbocycles. The van der Waals surface area contributed by atoms with Gasteiger partial charge in [0, 0.05) is 218 Å². The molecule has 0 aromatic rings. The molecule has 0 fully saturated rings. The Hall–Kier alpha value is 5.11. The van der Waals surface area contributed by atoms with Crippen molar-refractivity contribution in [3.8, 4) is 0 Å². The van der Waals surface area contributed by atoms with Crippen molar-refractivity contribution in [3.63, 3.8) is 0 Å². The largest absolute Gasteiger partial charge is 0.412 e. The van der Waals surface area contributed by atoms with Crippen molar-refractivity contribution < 1.29 is 67.6 Å². The van der Waals surface area contributed by atoms with Crippen LogP contribution >= 0.6 is 0 Å². The minimum atomic E-state index is 0. The Balaban J connectivity index is 0. The molecule has 54 radical (unpaired) electrons. The molecule has 0 bridgehead atoms. The van der Waals surface area contributed by atoms with E-state index in [9.17, 15) is 0 Å². The average molecular weight is 613 g/mol. The zero-order valence-corrected chi connectivity index (χ0v) is 27.3. The molecular formula is H6Al2Fe3O3Si12. The predicted molar refractivity (Wildman–Crippen MR) is 91.4 cm³/mol. The van der Waals surface area contributed by atoms with Crippen LogP contribution in [-0.4, -0.2) is 183 Å². The van der Waals surface area contributed by atoms with E-state index in [2.05, 4.69) is 0 Å². The van der Waals surface area contributed by atoms with Gasteiger partial charge in [-0.3, -0.25) is 0 Å². The van der Waals surface area contributed by atoms with Gasteiger partial charge in [0.1, 0.15) is 0 Å². The topological polar surface area (TPSA) is 94.5 Å². The van der Waals surface area contributed by atoms with Crippen molar-refractivity contribution in [1.29, 1.82) is 0 Å². The van der Waals surface area contributed by atoms with E-state index >= 15 is 0 Å². The smallest absolute Gasteiger partial charge is 0 e. The van der Waals surface area contributed by atoms with E-state index in [1.165, 1.54) is 0 Å². The Kier molecular flexibility index (Phi) is 13800. The second-order valence-corrected chi connectivity index (χ2v) is 0. The third-order valence-corrected chi connectivity index (χ3v) is 0. The standard InChI is InChI=1S/2Al.3Fe.3H2O.12Si/h;;;;;3*1H2;;;;;;;;;;;;. The maximum Gasteiger partial charge on any atom is 0 e. The first-order chi connectivity index (χ1) is 0. The first kappa shape index (κ1) is 560. The van der Waals surface area contributed by atoms with Crippen LogP contribution < -0.4 is 0 Å². The summed E-state index contributed by atoms with van der Waals surface area (Å²) in [5.74, 6) is 0. The SMILES string of the molecule is O.O.O.[Al].[Al].[Fe].[Fe].[Fe].[Si].[Si].[Si].[Si].[Si].[Si].[Si].[Si].[Si].[Si].[Si].[Si]. The molecule has 0 amide bonds. The number of rotatable bonds is 0. The van der Waals surface area contributed by atoms with Gasteiger partial charge in [0.05, 0.1) is 0 Å². The van der Waals surface area contributed by atoms with Crippen LogP contribution in [0.4, 0.5) is 0 Å². The molecule has 3 nitrogen and oxygen atoms in total. The van der Waals surface area contributed by atoms with E-state index in [1.807, 2.05) is 0 Å². The minimum absolute atomic E-state index is 0. The molecule has 20 heavy (non-hydrogen) atoms. The minimum Gasteiger partial charge on any atom is -0.412 e. The van der Waals surface area contributed by atoms with Gasteiger partial charge in [-0.1, -0.05) is 0 Å². The van der Waals surface area contributed by atoms with Crippen molar-refractivity contribution in [3.05, 3.63) is 0 Å². The van der Waals surface area contributed by atoms with Gasteiger partial charge in [0.25, 0.3) is 0 Å². The van der Waals surface area contributed by atoms with Crippen LogP contribution in [0.3, 0.4) is 0 Å². The Morgan fingerprint density at radius 1 is 0.200 bits per heavy atom. The Bertz CT molecular complexity index is 31.9. The van der Waals surface area contributed by atoms with Crippen LogP contribution in [0.1, 0.15) is 0 Å². The summed E-state index contributed by atoms with van der Waals surface area (Å²) in [4.78, 5) is 0. The maximum absolute atomic E-state index is 0. The summed E-state index contributed by atoms with van der Waals surface area (Å²) in [5.41, 5.74) is 0. The first-order valence-electron chi connectivity index (χ1n) is 0. The van der Waals surface area contributed by atoms with Crippen LogP contribution in [0.5, 0.6) is 0 Å². The fraction of sp³-hybridized carbons (Fsp3) is 0. The molecule has 20 heteroatoms. The van der Waals surface area contributed by atoms with Crippen LogP contribution in [-0.2, 0) is 51.2 Å². The summed E-state index contributed by atoms with van der Waals surface area (Å²) < 4.78 is 0. The van der Waals surface area contributed by atoms with Gasteiger partial charge < -0.3 is 16.4 Å². The molecule has 0 unspecified atom stereocenters. The van der Waals surface area contributed by atoms with Crippen molar-refractivity contribution in [2.45, 2.75) is 0 Å². The summed E-state index contributed by atoms with van der Waals surface area (Å²) in [5, 5.41) is 0. The Labute approximate surface area is 231 Å². The molecule has 0 heterocycles. The maximum atomic E-state index is 0. The van der Waals surface area contributed by atoms with Crippen molar-refractivity contribution in [2.75, 3.05) is 0 Å². The second kappa shape index (κ2) is 494. The molecule has 0 aromatic heterocycles. The average Bonchev–Trinajstić information content (AvgIpc) is 0.